The van der Waals surface area contributed by atoms with E-state index in [1.54, 1.807) is 0 Å². The highest BCUT2D eigenvalue weighted by molar-refractivity contribution is 5.97. The first kappa shape index (κ1) is 13.8. The summed E-state index contributed by atoms with van der Waals surface area (Å²) in [6.45, 7) is 0.503. The average molecular weight is 271 g/mol. The molecule has 0 heterocycles. The molecule has 2 heteroatoms. The van der Waals surface area contributed by atoms with Crippen LogP contribution in [0.3, 0.4) is 0 Å². The molecule has 0 atom stereocenters. The Balaban J connectivity index is 1.56. The molecule has 0 amide bonds. The van der Waals surface area contributed by atoms with E-state index in [2.05, 4.69) is 17.4 Å². The molecule has 3 rings (SSSR count). The zero-order chi connectivity index (χ0) is 13.8. The molecule has 2 nitrogen and oxygen atoms in total. The Labute approximate surface area is 122 Å². The molecule has 0 radical (unpaired) electrons. The van der Waals surface area contributed by atoms with E-state index in [-0.39, 0.29) is 5.78 Å². The van der Waals surface area contributed by atoms with Gasteiger partial charge in [-0.3, -0.25) is 4.79 Å². The lowest BCUT2D eigenvalue weighted by molar-refractivity contribution is 0.0986. The minimum absolute atomic E-state index is 0.254. The summed E-state index contributed by atoms with van der Waals surface area (Å²) >= 11 is 0. The minimum Gasteiger partial charge on any atom is -0.307 e. The van der Waals surface area contributed by atoms with Crippen LogP contribution in [0.1, 0.15) is 66.4 Å². The van der Waals surface area contributed by atoms with E-state index in [0.29, 0.717) is 12.6 Å². The normalized spacial score (nSPS) is 19.6. The van der Waals surface area contributed by atoms with Crippen molar-refractivity contribution in [2.45, 2.75) is 63.8 Å². The van der Waals surface area contributed by atoms with E-state index in [4.69, 9.17) is 0 Å². The lowest BCUT2D eigenvalue weighted by Gasteiger charge is -2.15. The maximum atomic E-state index is 12.3. The summed E-state index contributed by atoms with van der Waals surface area (Å²) in [6, 6.07) is 6.85. The highest BCUT2D eigenvalue weighted by atomic mass is 16.1. The number of hydrogen-bond acceptors (Lipinski definition) is 2. The van der Waals surface area contributed by atoms with Crippen molar-refractivity contribution in [1.82, 2.24) is 5.32 Å². The van der Waals surface area contributed by atoms with Crippen LogP contribution in [0.5, 0.6) is 0 Å². The van der Waals surface area contributed by atoms with E-state index in [1.165, 1.54) is 62.5 Å². The van der Waals surface area contributed by atoms with Gasteiger partial charge in [0.1, 0.15) is 0 Å². The molecule has 0 aromatic heterocycles. The fraction of sp³-hybridized carbons (Fsp3) is 0.611. The van der Waals surface area contributed by atoms with E-state index < -0.39 is 0 Å². The number of rotatable bonds is 4. The fourth-order valence-electron chi connectivity index (χ4n) is 3.57. The van der Waals surface area contributed by atoms with Crippen molar-refractivity contribution in [1.29, 1.82) is 0 Å². The predicted octanol–water partition coefficient (Wildman–Crippen LogP) is 3.67. The molecule has 0 unspecified atom stereocenters. The van der Waals surface area contributed by atoms with Gasteiger partial charge in [-0.05, 0) is 49.3 Å². The maximum absolute atomic E-state index is 12.3. The zero-order valence-corrected chi connectivity index (χ0v) is 12.3. The number of benzene rings is 1. The summed E-state index contributed by atoms with van der Waals surface area (Å²) in [5.74, 6) is 0.254. The number of fused-ring (bicyclic) bond motifs is 1. The summed E-state index contributed by atoms with van der Waals surface area (Å²) in [5.41, 5.74) is 3.73. The molecular formula is C18H25NO. The van der Waals surface area contributed by atoms with Crippen LogP contribution in [0.15, 0.2) is 18.2 Å². The molecule has 0 spiro atoms. The number of Topliss-reactive ketones (excluding diaryl/α,β-unsaturated/α-hetero) is 1. The molecule has 2 aliphatic rings. The van der Waals surface area contributed by atoms with Crippen LogP contribution in [-0.2, 0) is 12.8 Å². The molecule has 1 saturated carbocycles. The summed E-state index contributed by atoms with van der Waals surface area (Å²) in [6.07, 6.45) is 11.4. The lowest BCUT2D eigenvalue weighted by Crippen LogP contribution is -2.33. The summed E-state index contributed by atoms with van der Waals surface area (Å²) in [5, 5.41) is 3.48. The number of carbonyl (C=O) groups is 1. The SMILES string of the molecule is O=C(CNC1CCCCCC1)c1ccc2c(c1)CCC2. The van der Waals surface area contributed by atoms with Gasteiger partial charge in [0.25, 0.3) is 0 Å². The second kappa shape index (κ2) is 6.53. The Morgan fingerprint density at radius 2 is 1.75 bits per heavy atom. The van der Waals surface area contributed by atoms with Gasteiger partial charge in [-0.1, -0.05) is 37.8 Å². The first-order chi connectivity index (χ1) is 9.83. The molecule has 108 valence electrons. The van der Waals surface area contributed by atoms with Crippen LogP contribution in [0.4, 0.5) is 0 Å². The molecule has 0 aliphatic heterocycles. The third-order valence-electron chi connectivity index (χ3n) is 4.83. The van der Waals surface area contributed by atoms with E-state index >= 15 is 0 Å². The Bertz CT molecular complexity index is 472. The van der Waals surface area contributed by atoms with Gasteiger partial charge in [0.2, 0.25) is 0 Å². The monoisotopic (exact) mass is 271 g/mol. The molecule has 1 fully saturated rings. The third kappa shape index (κ3) is 3.29. The molecule has 0 saturated heterocycles. The van der Waals surface area contributed by atoms with Crippen molar-refractivity contribution in [3.05, 3.63) is 34.9 Å². The summed E-state index contributed by atoms with van der Waals surface area (Å²) < 4.78 is 0. The smallest absolute Gasteiger partial charge is 0.176 e. The number of hydrogen-bond donors (Lipinski definition) is 1. The van der Waals surface area contributed by atoms with Gasteiger partial charge in [-0.2, -0.15) is 0 Å². The van der Waals surface area contributed by atoms with Gasteiger partial charge in [0, 0.05) is 11.6 Å². The summed E-state index contributed by atoms with van der Waals surface area (Å²) in [4.78, 5) is 12.3. The number of nitrogens with one attached hydrogen (secondary N) is 1. The van der Waals surface area contributed by atoms with Crippen LogP contribution in [0, 0.1) is 0 Å². The fourth-order valence-corrected chi connectivity index (χ4v) is 3.57. The first-order valence-corrected chi connectivity index (χ1v) is 8.21. The number of ketones is 1. The quantitative estimate of drug-likeness (QED) is 0.668. The Kier molecular flexibility index (Phi) is 4.51. The van der Waals surface area contributed by atoms with Gasteiger partial charge in [-0.25, -0.2) is 0 Å². The highest BCUT2D eigenvalue weighted by Crippen LogP contribution is 2.23. The van der Waals surface area contributed by atoms with Gasteiger partial charge in [0.15, 0.2) is 5.78 Å². The van der Waals surface area contributed by atoms with Crippen molar-refractivity contribution in [2.75, 3.05) is 6.54 Å². The van der Waals surface area contributed by atoms with Crippen molar-refractivity contribution >= 4 is 5.78 Å². The third-order valence-corrected chi connectivity index (χ3v) is 4.83. The van der Waals surface area contributed by atoms with E-state index in [1.807, 2.05) is 6.07 Å². The standard InChI is InChI=1S/C18H25NO/c20-18(13-19-17-8-3-1-2-4-9-17)16-11-10-14-6-5-7-15(14)12-16/h10-12,17,19H,1-9,13H2. The molecule has 1 aromatic rings. The Morgan fingerprint density at radius 1 is 1.00 bits per heavy atom. The molecule has 1 N–H and O–H groups in total. The maximum Gasteiger partial charge on any atom is 0.176 e. The van der Waals surface area contributed by atoms with Crippen molar-refractivity contribution < 1.29 is 4.79 Å². The van der Waals surface area contributed by atoms with E-state index in [0.717, 1.165) is 12.0 Å². The minimum atomic E-state index is 0.254. The van der Waals surface area contributed by atoms with Gasteiger partial charge in [0.05, 0.1) is 6.54 Å². The topological polar surface area (TPSA) is 29.1 Å². The summed E-state index contributed by atoms with van der Waals surface area (Å²) in [7, 11) is 0. The van der Waals surface area contributed by atoms with Crippen LogP contribution in [-0.4, -0.2) is 18.4 Å². The average Bonchev–Trinajstić information content (AvgIpc) is 2.78. The Morgan fingerprint density at radius 3 is 2.55 bits per heavy atom. The van der Waals surface area contributed by atoms with Gasteiger partial charge >= 0.3 is 0 Å². The number of aryl methyl sites for hydroxylation is 2. The molecule has 1 aromatic carbocycles. The predicted molar refractivity (Wildman–Crippen MR) is 82.3 cm³/mol. The van der Waals surface area contributed by atoms with Crippen molar-refractivity contribution in [3.8, 4) is 0 Å². The molecule has 0 bridgehead atoms. The van der Waals surface area contributed by atoms with Gasteiger partial charge in [-0.15, -0.1) is 0 Å². The van der Waals surface area contributed by atoms with Gasteiger partial charge < -0.3 is 5.32 Å². The second-order valence-electron chi connectivity index (χ2n) is 6.33. The van der Waals surface area contributed by atoms with Crippen LogP contribution < -0.4 is 5.32 Å². The second-order valence-corrected chi connectivity index (χ2v) is 6.33. The van der Waals surface area contributed by atoms with Crippen LogP contribution >= 0.6 is 0 Å². The van der Waals surface area contributed by atoms with E-state index in [9.17, 15) is 4.79 Å². The van der Waals surface area contributed by atoms with Crippen LogP contribution in [0.2, 0.25) is 0 Å². The largest absolute Gasteiger partial charge is 0.307 e. The zero-order valence-electron chi connectivity index (χ0n) is 12.3. The van der Waals surface area contributed by atoms with Crippen molar-refractivity contribution in [2.24, 2.45) is 0 Å². The molecule has 2 aliphatic carbocycles. The Hall–Kier alpha value is -1.15. The van der Waals surface area contributed by atoms with Crippen molar-refractivity contribution in [3.63, 3.8) is 0 Å². The number of carbonyl (C=O) groups excluding carboxylic acids is 1. The lowest BCUT2D eigenvalue weighted by atomic mass is 10.0. The molecular weight excluding hydrogens is 246 g/mol. The van der Waals surface area contributed by atoms with Crippen LogP contribution in [0.25, 0.3) is 0 Å². The molecule has 20 heavy (non-hydrogen) atoms. The highest BCUT2D eigenvalue weighted by Gasteiger charge is 2.16. The first-order valence-electron chi connectivity index (χ1n) is 8.21.